The SMILES string of the molecule is CC(=N)/C(NC(=O)CO)=C(/C)Nc1ccc(C(F)(F)F)cc1. The number of carbonyl (C=O) groups excluding carboxylic acids is 1. The highest BCUT2D eigenvalue weighted by molar-refractivity contribution is 6.00. The number of halogens is 3. The number of aliphatic hydroxyl groups excluding tert-OH is 1. The van der Waals surface area contributed by atoms with Gasteiger partial charge in [-0.05, 0) is 38.1 Å². The first kappa shape index (κ1) is 17.7. The number of allylic oxidation sites excluding steroid dienone is 2. The molecule has 1 amide bonds. The van der Waals surface area contributed by atoms with Crippen molar-refractivity contribution in [1.82, 2.24) is 5.32 Å². The molecule has 1 rings (SSSR count). The summed E-state index contributed by atoms with van der Waals surface area (Å²) < 4.78 is 37.4. The van der Waals surface area contributed by atoms with Crippen LogP contribution in [0.4, 0.5) is 18.9 Å². The van der Waals surface area contributed by atoms with Gasteiger partial charge in [0.2, 0.25) is 5.91 Å². The molecule has 1 aromatic carbocycles. The van der Waals surface area contributed by atoms with Crippen LogP contribution in [0.2, 0.25) is 0 Å². The Kier molecular flexibility index (Phi) is 5.69. The van der Waals surface area contributed by atoms with Crippen LogP contribution in [0.5, 0.6) is 0 Å². The Balaban J connectivity index is 2.97. The van der Waals surface area contributed by atoms with Gasteiger partial charge in [0.05, 0.1) is 17.0 Å². The second-order valence-electron chi connectivity index (χ2n) is 4.53. The largest absolute Gasteiger partial charge is 0.416 e. The molecule has 0 heterocycles. The van der Waals surface area contributed by atoms with Crippen LogP contribution in [0.1, 0.15) is 19.4 Å². The van der Waals surface area contributed by atoms with Gasteiger partial charge in [-0.3, -0.25) is 4.79 Å². The number of nitrogens with one attached hydrogen (secondary N) is 3. The van der Waals surface area contributed by atoms with Gasteiger partial charge in [0, 0.05) is 11.4 Å². The maximum Gasteiger partial charge on any atom is 0.416 e. The average Bonchev–Trinajstić information content (AvgIpc) is 2.43. The summed E-state index contributed by atoms with van der Waals surface area (Å²) in [6.45, 7) is 2.26. The lowest BCUT2D eigenvalue weighted by Crippen LogP contribution is -2.30. The molecule has 4 N–H and O–H groups in total. The Morgan fingerprint density at radius 1 is 1.23 bits per heavy atom. The maximum atomic E-state index is 12.5. The van der Waals surface area contributed by atoms with E-state index < -0.39 is 24.3 Å². The minimum Gasteiger partial charge on any atom is -0.387 e. The van der Waals surface area contributed by atoms with Gasteiger partial charge < -0.3 is 21.1 Å². The van der Waals surface area contributed by atoms with Crippen LogP contribution < -0.4 is 10.6 Å². The summed E-state index contributed by atoms with van der Waals surface area (Å²) in [6, 6.07) is 4.35. The number of anilines is 1. The van der Waals surface area contributed by atoms with E-state index in [1.165, 1.54) is 19.1 Å². The van der Waals surface area contributed by atoms with Gasteiger partial charge in [-0.25, -0.2) is 0 Å². The Bertz CT molecular complexity index is 592. The quantitative estimate of drug-likeness (QED) is 0.630. The van der Waals surface area contributed by atoms with E-state index in [0.29, 0.717) is 11.4 Å². The summed E-state index contributed by atoms with van der Waals surface area (Å²) in [5.74, 6) is -0.685. The van der Waals surface area contributed by atoms with Crippen LogP contribution >= 0.6 is 0 Å². The highest BCUT2D eigenvalue weighted by Crippen LogP contribution is 2.30. The van der Waals surface area contributed by atoms with Crippen molar-refractivity contribution in [2.45, 2.75) is 20.0 Å². The van der Waals surface area contributed by atoms with Gasteiger partial charge in [0.15, 0.2) is 0 Å². The van der Waals surface area contributed by atoms with Crippen molar-refractivity contribution in [1.29, 1.82) is 5.41 Å². The van der Waals surface area contributed by atoms with E-state index in [1.807, 2.05) is 0 Å². The van der Waals surface area contributed by atoms with Crippen LogP contribution in [0, 0.1) is 5.41 Å². The van der Waals surface area contributed by atoms with Crippen LogP contribution in [0.25, 0.3) is 0 Å². The van der Waals surface area contributed by atoms with Crippen molar-refractivity contribution in [2.75, 3.05) is 11.9 Å². The van der Waals surface area contributed by atoms with Crippen LogP contribution in [0.15, 0.2) is 35.7 Å². The minimum absolute atomic E-state index is 0.0405. The Hall–Kier alpha value is -2.35. The fraction of sp³-hybridized carbons (Fsp3) is 0.286. The molecule has 0 atom stereocenters. The first-order valence-corrected chi connectivity index (χ1v) is 6.26. The van der Waals surface area contributed by atoms with Gasteiger partial charge in [-0.1, -0.05) is 0 Å². The molecule has 0 spiro atoms. The number of rotatable bonds is 5. The summed E-state index contributed by atoms with van der Waals surface area (Å²) in [5, 5.41) is 21.5. The molecule has 22 heavy (non-hydrogen) atoms. The van der Waals surface area contributed by atoms with Gasteiger partial charge in [-0.15, -0.1) is 0 Å². The highest BCUT2D eigenvalue weighted by Gasteiger charge is 2.29. The number of alkyl halides is 3. The van der Waals surface area contributed by atoms with Gasteiger partial charge in [0.25, 0.3) is 0 Å². The van der Waals surface area contributed by atoms with E-state index in [0.717, 1.165) is 12.1 Å². The van der Waals surface area contributed by atoms with Crippen molar-refractivity contribution < 1.29 is 23.1 Å². The molecule has 0 saturated carbocycles. The van der Waals surface area contributed by atoms with E-state index in [2.05, 4.69) is 10.6 Å². The molecule has 0 unspecified atom stereocenters. The molecular weight excluding hydrogens is 299 g/mol. The van der Waals surface area contributed by atoms with E-state index in [1.54, 1.807) is 6.92 Å². The first-order chi connectivity index (χ1) is 10.1. The fourth-order valence-corrected chi connectivity index (χ4v) is 1.67. The molecule has 0 aliphatic carbocycles. The van der Waals surface area contributed by atoms with E-state index >= 15 is 0 Å². The third-order valence-electron chi connectivity index (χ3n) is 2.70. The number of aliphatic hydroxyl groups is 1. The molecule has 0 saturated heterocycles. The van der Waals surface area contributed by atoms with Crippen LogP contribution in [0.3, 0.4) is 0 Å². The second kappa shape index (κ2) is 7.08. The lowest BCUT2D eigenvalue weighted by atomic mass is 10.2. The lowest BCUT2D eigenvalue weighted by molar-refractivity contribution is -0.137. The number of hydrogen-bond acceptors (Lipinski definition) is 4. The van der Waals surface area contributed by atoms with E-state index in [4.69, 9.17) is 10.5 Å². The zero-order valence-corrected chi connectivity index (χ0v) is 12.0. The average molecular weight is 315 g/mol. The molecule has 5 nitrogen and oxygen atoms in total. The molecule has 0 bridgehead atoms. The normalized spacial score (nSPS) is 12.5. The number of amides is 1. The molecule has 1 aromatic rings. The lowest BCUT2D eigenvalue weighted by Gasteiger charge is -2.15. The van der Waals surface area contributed by atoms with Crippen molar-refractivity contribution in [3.05, 3.63) is 41.2 Å². The van der Waals surface area contributed by atoms with Crippen LogP contribution in [-0.2, 0) is 11.0 Å². The van der Waals surface area contributed by atoms with Gasteiger partial charge in [0.1, 0.15) is 6.61 Å². The molecule has 0 aliphatic heterocycles. The monoisotopic (exact) mass is 315 g/mol. The molecule has 0 aliphatic rings. The third kappa shape index (κ3) is 4.88. The van der Waals surface area contributed by atoms with Crippen LogP contribution in [-0.4, -0.2) is 23.3 Å². The number of benzene rings is 1. The summed E-state index contributed by atoms with van der Waals surface area (Å²) in [4.78, 5) is 11.2. The predicted molar refractivity (Wildman–Crippen MR) is 76.4 cm³/mol. The van der Waals surface area contributed by atoms with Gasteiger partial charge >= 0.3 is 6.18 Å². The van der Waals surface area contributed by atoms with Crippen molar-refractivity contribution in [3.63, 3.8) is 0 Å². The first-order valence-electron chi connectivity index (χ1n) is 6.26. The standard InChI is InChI=1S/C14H16F3N3O2/c1-8(18)13(20-12(22)7-21)9(2)19-11-5-3-10(4-6-11)14(15,16)17/h3-6,18-19,21H,7H2,1-2H3,(H,20,22)/b13-9+,18-8?. The van der Waals surface area contributed by atoms with Gasteiger partial charge in [-0.2, -0.15) is 13.2 Å². The maximum absolute atomic E-state index is 12.5. The molecule has 120 valence electrons. The molecule has 0 radical (unpaired) electrons. The minimum atomic E-state index is -4.41. The Morgan fingerprint density at radius 3 is 2.18 bits per heavy atom. The molecule has 0 fully saturated rings. The summed E-state index contributed by atoms with van der Waals surface area (Å²) >= 11 is 0. The zero-order valence-electron chi connectivity index (χ0n) is 12.0. The number of carbonyl (C=O) groups is 1. The van der Waals surface area contributed by atoms with Crippen molar-refractivity contribution in [3.8, 4) is 0 Å². The summed E-state index contributed by atoms with van der Waals surface area (Å²) in [7, 11) is 0. The Morgan fingerprint density at radius 2 is 1.77 bits per heavy atom. The molecule has 8 heteroatoms. The topological polar surface area (TPSA) is 85.2 Å². The fourth-order valence-electron chi connectivity index (χ4n) is 1.67. The Labute approximate surface area is 125 Å². The number of hydrogen-bond donors (Lipinski definition) is 4. The second-order valence-corrected chi connectivity index (χ2v) is 4.53. The van der Waals surface area contributed by atoms with E-state index in [9.17, 15) is 18.0 Å². The van der Waals surface area contributed by atoms with Crippen molar-refractivity contribution >= 4 is 17.3 Å². The third-order valence-corrected chi connectivity index (χ3v) is 2.70. The zero-order chi connectivity index (χ0) is 16.9. The molecular formula is C14H16F3N3O2. The summed E-state index contributed by atoms with van der Waals surface area (Å²) in [6.07, 6.45) is -4.41. The predicted octanol–water partition coefficient (Wildman–Crippen LogP) is 2.50. The molecule has 0 aromatic heterocycles. The van der Waals surface area contributed by atoms with Crippen molar-refractivity contribution in [2.24, 2.45) is 0 Å². The van der Waals surface area contributed by atoms with E-state index in [-0.39, 0.29) is 11.4 Å². The summed E-state index contributed by atoms with van der Waals surface area (Å²) in [5.41, 5.74) is 0.172. The smallest absolute Gasteiger partial charge is 0.387 e. The highest BCUT2D eigenvalue weighted by atomic mass is 19.4.